The van der Waals surface area contributed by atoms with Crippen molar-refractivity contribution in [3.8, 4) is 0 Å². The quantitative estimate of drug-likeness (QED) is 0.588. The predicted octanol–water partition coefficient (Wildman–Crippen LogP) is 2.86. The molecule has 0 fully saturated rings. The number of amides is 3. The van der Waals surface area contributed by atoms with Gasteiger partial charge in [-0.25, -0.2) is 12.7 Å². The van der Waals surface area contributed by atoms with E-state index in [1.165, 1.54) is 17.0 Å². The highest BCUT2D eigenvalue weighted by molar-refractivity contribution is 7.90. The summed E-state index contributed by atoms with van der Waals surface area (Å²) in [6.45, 7) is 7.33. The molecule has 0 bridgehead atoms. The van der Waals surface area contributed by atoms with E-state index < -0.39 is 27.9 Å². The van der Waals surface area contributed by atoms with Crippen LogP contribution in [0.3, 0.4) is 0 Å². The van der Waals surface area contributed by atoms with Crippen molar-refractivity contribution in [1.29, 1.82) is 0 Å². The van der Waals surface area contributed by atoms with Gasteiger partial charge in [0.15, 0.2) is 0 Å². The van der Waals surface area contributed by atoms with Crippen molar-refractivity contribution >= 4 is 27.7 Å². The number of benzene rings is 2. The Hall–Kier alpha value is -3.20. The Morgan fingerprint density at radius 1 is 1.09 bits per heavy atom. The van der Waals surface area contributed by atoms with Crippen molar-refractivity contribution in [3.05, 3.63) is 65.2 Å². The van der Waals surface area contributed by atoms with Gasteiger partial charge < -0.3 is 10.2 Å². The first-order chi connectivity index (χ1) is 16.1. The summed E-state index contributed by atoms with van der Waals surface area (Å²) >= 11 is 0. The Morgan fingerprint density at radius 3 is 2.44 bits per heavy atom. The lowest BCUT2D eigenvalue weighted by molar-refractivity contribution is -0.140. The van der Waals surface area contributed by atoms with Gasteiger partial charge in [-0.3, -0.25) is 14.4 Å². The van der Waals surface area contributed by atoms with Crippen LogP contribution in [0.4, 0.5) is 0 Å². The Balaban J connectivity index is 1.79. The molecular formula is C25H31N3O5S. The maximum Gasteiger partial charge on any atom is 0.269 e. The first-order valence-corrected chi connectivity index (χ1v) is 12.8. The van der Waals surface area contributed by atoms with Gasteiger partial charge >= 0.3 is 0 Å². The van der Waals surface area contributed by atoms with Gasteiger partial charge in [-0.2, -0.15) is 0 Å². The van der Waals surface area contributed by atoms with Gasteiger partial charge in [0.05, 0.1) is 5.56 Å². The third-order valence-corrected chi connectivity index (χ3v) is 7.89. The van der Waals surface area contributed by atoms with Gasteiger partial charge in [-0.15, -0.1) is 0 Å². The summed E-state index contributed by atoms with van der Waals surface area (Å²) in [6, 6.07) is 12.8. The van der Waals surface area contributed by atoms with Crippen LogP contribution >= 0.6 is 0 Å². The molecule has 1 heterocycles. The fourth-order valence-corrected chi connectivity index (χ4v) is 5.42. The van der Waals surface area contributed by atoms with Crippen molar-refractivity contribution in [2.24, 2.45) is 0 Å². The fraction of sp³-hybridized carbons (Fsp3) is 0.400. The molecule has 2 atom stereocenters. The lowest BCUT2D eigenvalue weighted by atomic mass is 10.1. The summed E-state index contributed by atoms with van der Waals surface area (Å²) in [5, 5.41) is 2.90. The van der Waals surface area contributed by atoms with E-state index in [0.717, 1.165) is 21.9 Å². The van der Waals surface area contributed by atoms with Crippen LogP contribution in [0.25, 0.3) is 0 Å². The van der Waals surface area contributed by atoms with Crippen LogP contribution in [0.15, 0.2) is 53.4 Å². The van der Waals surface area contributed by atoms with Crippen LogP contribution in [0.2, 0.25) is 0 Å². The molecular weight excluding hydrogens is 454 g/mol. The molecule has 0 saturated carbocycles. The van der Waals surface area contributed by atoms with Crippen molar-refractivity contribution in [3.63, 3.8) is 0 Å². The van der Waals surface area contributed by atoms with Gasteiger partial charge in [-0.1, -0.05) is 48.9 Å². The monoisotopic (exact) mass is 485 g/mol. The molecule has 182 valence electrons. The van der Waals surface area contributed by atoms with Gasteiger partial charge in [0, 0.05) is 25.6 Å². The number of carbonyl (C=O) groups is 3. The number of fused-ring (bicyclic) bond motifs is 1. The Labute approximate surface area is 201 Å². The van der Waals surface area contributed by atoms with E-state index in [0.29, 0.717) is 0 Å². The molecule has 0 spiro atoms. The lowest BCUT2D eigenvalue weighted by Gasteiger charge is -2.30. The highest BCUT2D eigenvalue weighted by Crippen LogP contribution is 2.30. The molecule has 0 unspecified atom stereocenters. The zero-order chi connectivity index (χ0) is 25.0. The number of hydrogen-bond acceptors (Lipinski definition) is 5. The van der Waals surface area contributed by atoms with Gasteiger partial charge in [0.1, 0.15) is 10.9 Å². The minimum atomic E-state index is -4.00. The average Bonchev–Trinajstić information content (AvgIpc) is 3.00. The molecule has 2 aromatic rings. The molecule has 9 heteroatoms. The highest BCUT2D eigenvalue weighted by Gasteiger charge is 2.41. The first kappa shape index (κ1) is 25.4. The third-order valence-electron chi connectivity index (χ3n) is 6.04. The number of nitrogens with one attached hydrogen (secondary N) is 1. The van der Waals surface area contributed by atoms with Gasteiger partial charge in [0.2, 0.25) is 11.8 Å². The second-order valence-corrected chi connectivity index (χ2v) is 10.5. The van der Waals surface area contributed by atoms with Crippen LogP contribution in [-0.4, -0.2) is 54.0 Å². The molecule has 1 aliphatic rings. The second-order valence-electron chi connectivity index (χ2n) is 8.63. The molecule has 3 amide bonds. The summed E-state index contributed by atoms with van der Waals surface area (Å²) in [5.74, 6) is -1.34. The van der Waals surface area contributed by atoms with Crippen molar-refractivity contribution in [1.82, 2.24) is 14.5 Å². The molecule has 3 rings (SSSR count). The maximum absolute atomic E-state index is 13.3. The predicted molar refractivity (Wildman–Crippen MR) is 128 cm³/mol. The van der Waals surface area contributed by atoms with Crippen LogP contribution in [0.5, 0.6) is 0 Å². The Kier molecular flexibility index (Phi) is 7.76. The zero-order valence-electron chi connectivity index (χ0n) is 19.9. The molecule has 1 N–H and O–H groups in total. The normalized spacial score (nSPS) is 16.0. The number of nitrogens with zero attached hydrogens (tertiary/aromatic N) is 2. The number of hydrogen-bond donors (Lipinski definition) is 1. The van der Waals surface area contributed by atoms with Crippen LogP contribution in [0, 0.1) is 6.92 Å². The summed E-state index contributed by atoms with van der Waals surface area (Å²) < 4.78 is 26.4. The van der Waals surface area contributed by atoms with E-state index in [2.05, 4.69) is 5.32 Å². The molecule has 2 aromatic carbocycles. The van der Waals surface area contributed by atoms with Crippen molar-refractivity contribution < 1.29 is 22.8 Å². The molecule has 8 nitrogen and oxygen atoms in total. The number of rotatable bonds is 9. The maximum atomic E-state index is 13.3. The molecule has 0 aliphatic carbocycles. The van der Waals surface area contributed by atoms with Crippen LogP contribution in [-0.2, 0) is 26.2 Å². The standard InChI is InChI=1S/C25H31N3O5S/c1-5-18(3)26-24(30)19(4)27(16-20-10-8-9-17(2)15-20)23(29)13-14-28-25(31)21-11-6-7-12-22(21)34(28,32)33/h6-12,15,18-19H,5,13-14,16H2,1-4H3,(H,26,30)/t18-,19+/m1/s1. The average molecular weight is 486 g/mol. The topological polar surface area (TPSA) is 104 Å². The van der Waals surface area contributed by atoms with E-state index >= 15 is 0 Å². The zero-order valence-corrected chi connectivity index (χ0v) is 20.8. The van der Waals surface area contributed by atoms with Gasteiger partial charge in [-0.05, 0) is 44.9 Å². The molecule has 0 radical (unpaired) electrons. The second kappa shape index (κ2) is 10.4. The van der Waals surface area contributed by atoms with E-state index in [1.807, 2.05) is 45.0 Å². The van der Waals surface area contributed by atoms with Gasteiger partial charge in [0.25, 0.3) is 15.9 Å². The van der Waals surface area contributed by atoms with Crippen molar-refractivity contribution in [2.75, 3.05) is 6.54 Å². The summed E-state index contributed by atoms with van der Waals surface area (Å²) in [5.41, 5.74) is 1.98. The molecule has 0 saturated heterocycles. The third kappa shape index (κ3) is 5.30. The molecule has 0 aromatic heterocycles. The van der Waals surface area contributed by atoms with Crippen molar-refractivity contribution in [2.45, 2.75) is 64.1 Å². The highest BCUT2D eigenvalue weighted by atomic mass is 32.2. The number of carbonyl (C=O) groups excluding carboxylic acids is 3. The SMILES string of the molecule is CC[C@@H](C)NC(=O)[C@H](C)N(Cc1cccc(C)c1)C(=O)CCN1C(=O)c2ccccc2S1(=O)=O. The van der Waals surface area contributed by atoms with Crippen LogP contribution < -0.4 is 5.32 Å². The van der Waals surface area contributed by atoms with E-state index in [4.69, 9.17) is 0 Å². The summed E-state index contributed by atoms with van der Waals surface area (Å²) in [7, 11) is -4.00. The van der Waals surface area contributed by atoms with E-state index in [9.17, 15) is 22.8 Å². The lowest BCUT2D eigenvalue weighted by Crippen LogP contribution is -2.50. The Bertz CT molecular complexity index is 1190. The van der Waals surface area contributed by atoms with E-state index in [1.54, 1.807) is 19.1 Å². The summed E-state index contributed by atoms with van der Waals surface area (Å²) in [6.07, 6.45) is 0.519. The minimum Gasteiger partial charge on any atom is -0.352 e. The minimum absolute atomic E-state index is 0.0447. The smallest absolute Gasteiger partial charge is 0.269 e. The number of sulfonamides is 1. The number of aryl methyl sites for hydroxylation is 1. The van der Waals surface area contributed by atoms with Crippen LogP contribution in [0.1, 0.15) is 55.1 Å². The molecule has 34 heavy (non-hydrogen) atoms. The molecule has 1 aliphatic heterocycles. The summed E-state index contributed by atoms with van der Waals surface area (Å²) in [4.78, 5) is 40.2. The first-order valence-electron chi connectivity index (χ1n) is 11.4. The Morgan fingerprint density at radius 2 is 1.79 bits per heavy atom. The largest absolute Gasteiger partial charge is 0.352 e. The van der Waals surface area contributed by atoms with E-state index in [-0.39, 0.29) is 41.9 Å². The fourth-order valence-electron chi connectivity index (χ4n) is 3.85.